The largest absolute Gasteiger partial charge is 0.339 e. The van der Waals surface area contributed by atoms with Gasteiger partial charge >= 0.3 is 0 Å². The molecule has 0 aromatic heterocycles. The summed E-state index contributed by atoms with van der Waals surface area (Å²) in [4.78, 5) is 14.4. The predicted octanol–water partition coefficient (Wildman–Crippen LogP) is 4.40. The first-order valence-electron chi connectivity index (χ1n) is 8.55. The number of sulfonamides is 1. The lowest BCUT2D eigenvalue weighted by molar-refractivity contribution is 0.0755. The Morgan fingerprint density at radius 3 is 2.19 bits per heavy atom. The van der Waals surface area contributed by atoms with E-state index in [1.807, 2.05) is 13.8 Å². The fourth-order valence-electron chi connectivity index (χ4n) is 2.58. The molecule has 0 aliphatic heterocycles. The molecule has 0 aliphatic carbocycles. The molecule has 140 valence electrons. The fraction of sp³-hybridized carbons (Fsp3) is 0.316. The van der Waals surface area contributed by atoms with E-state index < -0.39 is 10.0 Å². The summed E-state index contributed by atoms with van der Waals surface area (Å²) in [7, 11) is -3.75. The Morgan fingerprint density at radius 2 is 1.65 bits per heavy atom. The Bertz CT molecular complexity index is 845. The number of halogens is 1. The molecule has 2 aromatic carbocycles. The molecule has 0 atom stereocenters. The third kappa shape index (κ3) is 5.22. The minimum atomic E-state index is -3.75. The van der Waals surface area contributed by atoms with Crippen molar-refractivity contribution in [3.8, 4) is 0 Å². The van der Waals surface area contributed by atoms with Crippen LogP contribution in [-0.4, -0.2) is 32.3 Å². The summed E-state index contributed by atoms with van der Waals surface area (Å²) in [6.07, 6.45) is 1.75. The van der Waals surface area contributed by atoms with Crippen LogP contribution >= 0.6 is 11.6 Å². The van der Waals surface area contributed by atoms with Gasteiger partial charge in [-0.05, 0) is 55.3 Å². The Hall–Kier alpha value is -2.05. The summed E-state index contributed by atoms with van der Waals surface area (Å²) >= 11 is 5.88. The lowest BCUT2D eigenvalue weighted by atomic mass is 10.2. The number of benzene rings is 2. The van der Waals surface area contributed by atoms with Crippen LogP contribution in [0.15, 0.2) is 53.4 Å². The SMILES string of the molecule is CCCN(CCC)C(=O)c1ccc(S(=O)(=O)Nc2cccc(Cl)c2)cc1. The summed E-state index contributed by atoms with van der Waals surface area (Å²) in [5.74, 6) is -0.0829. The van der Waals surface area contributed by atoms with E-state index in [-0.39, 0.29) is 10.8 Å². The average molecular weight is 395 g/mol. The molecule has 0 saturated carbocycles. The molecule has 2 rings (SSSR count). The number of nitrogens with one attached hydrogen (secondary N) is 1. The number of amides is 1. The van der Waals surface area contributed by atoms with Crippen LogP contribution in [0.2, 0.25) is 5.02 Å². The van der Waals surface area contributed by atoms with Crippen molar-refractivity contribution in [2.45, 2.75) is 31.6 Å². The zero-order valence-electron chi connectivity index (χ0n) is 14.9. The number of hydrogen-bond acceptors (Lipinski definition) is 3. The normalized spacial score (nSPS) is 11.2. The van der Waals surface area contributed by atoms with Gasteiger partial charge in [0, 0.05) is 23.7 Å². The van der Waals surface area contributed by atoms with Crippen molar-refractivity contribution in [2.24, 2.45) is 0 Å². The van der Waals surface area contributed by atoms with Crippen molar-refractivity contribution in [2.75, 3.05) is 17.8 Å². The highest BCUT2D eigenvalue weighted by atomic mass is 35.5. The molecule has 0 heterocycles. The standard InChI is InChI=1S/C19H23ClN2O3S/c1-3-12-22(13-4-2)19(23)15-8-10-18(11-9-15)26(24,25)21-17-7-5-6-16(20)14-17/h5-11,14,21H,3-4,12-13H2,1-2H3. The van der Waals surface area contributed by atoms with Gasteiger partial charge in [-0.25, -0.2) is 8.42 Å². The number of rotatable bonds is 8. The van der Waals surface area contributed by atoms with Crippen molar-refractivity contribution in [1.29, 1.82) is 0 Å². The molecule has 26 heavy (non-hydrogen) atoms. The molecule has 0 spiro atoms. The quantitative estimate of drug-likeness (QED) is 0.721. The van der Waals surface area contributed by atoms with Gasteiger partial charge in [0.15, 0.2) is 0 Å². The fourth-order valence-corrected chi connectivity index (χ4v) is 3.82. The van der Waals surface area contributed by atoms with Gasteiger partial charge < -0.3 is 4.90 Å². The lowest BCUT2D eigenvalue weighted by Crippen LogP contribution is -2.32. The monoisotopic (exact) mass is 394 g/mol. The van der Waals surface area contributed by atoms with E-state index in [0.717, 1.165) is 12.8 Å². The molecule has 0 aliphatic rings. The van der Waals surface area contributed by atoms with E-state index in [4.69, 9.17) is 11.6 Å². The first-order valence-corrected chi connectivity index (χ1v) is 10.4. The van der Waals surface area contributed by atoms with Gasteiger partial charge in [-0.15, -0.1) is 0 Å². The van der Waals surface area contributed by atoms with Gasteiger partial charge in [-0.2, -0.15) is 0 Å². The Kier molecular flexibility index (Phi) is 7.06. The maximum atomic E-state index is 12.6. The Morgan fingerprint density at radius 1 is 1.04 bits per heavy atom. The first-order chi connectivity index (χ1) is 12.4. The zero-order chi connectivity index (χ0) is 19.2. The highest BCUT2D eigenvalue weighted by Crippen LogP contribution is 2.20. The van der Waals surface area contributed by atoms with E-state index in [9.17, 15) is 13.2 Å². The highest BCUT2D eigenvalue weighted by molar-refractivity contribution is 7.92. The third-order valence-electron chi connectivity index (χ3n) is 3.76. The molecular weight excluding hydrogens is 372 g/mol. The zero-order valence-corrected chi connectivity index (χ0v) is 16.5. The maximum Gasteiger partial charge on any atom is 0.261 e. The predicted molar refractivity (Wildman–Crippen MR) is 105 cm³/mol. The minimum absolute atomic E-state index is 0.0829. The summed E-state index contributed by atoms with van der Waals surface area (Å²) < 4.78 is 27.4. The van der Waals surface area contributed by atoms with Crippen LogP contribution in [0, 0.1) is 0 Å². The molecule has 0 radical (unpaired) electrons. The summed E-state index contributed by atoms with van der Waals surface area (Å²) in [5.41, 5.74) is 0.864. The van der Waals surface area contributed by atoms with E-state index in [0.29, 0.717) is 29.4 Å². The van der Waals surface area contributed by atoms with Crippen LogP contribution in [0.1, 0.15) is 37.0 Å². The van der Waals surface area contributed by atoms with Crippen molar-refractivity contribution in [3.05, 3.63) is 59.1 Å². The topological polar surface area (TPSA) is 66.5 Å². The molecule has 0 bridgehead atoms. The lowest BCUT2D eigenvalue weighted by Gasteiger charge is -2.21. The second-order valence-electron chi connectivity index (χ2n) is 5.93. The van der Waals surface area contributed by atoms with Crippen LogP contribution < -0.4 is 4.72 Å². The summed E-state index contributed by atoms with van der Waals surface area (Å²) in [6, 6.07) is 12.5. The number of carbonyl (C=O) groups is 1. The second-order valence-corrected chi connectivity index (χ2v) is 8.05. The Balaban J connectivity index is 2.18. The number of nitrogens with zero attached hydrogens (tertiary/aromatic N) is 1. The van der Waals surface area contributed by atoms with E-state index in [2.05, 4.69) is 4.72 Å². The van der Waals surface area contributed by atoms with Gasteiger partial charge in [0.05, 0.1) is 10.6 Å². The van der Waals surface area contributed by atoms with Crippen molar-refractivity contribution in [1.82, 2.24) is 4.90 Å². The van der Waals surface area contributed by atoms with Crippen LogP contribution in [0.5, 0.6) is 0 Å². The van der Waals surface area contributed by atoms with Crippen LogP contribution in [-0.2, 0) is 10.0 Å². The van der Waals surface area contributed by atoms with Crippen molar-refractivity contribution in [3.63, 3.8) is 0 Å². The highest BCUT2D eigenvalue weighted by Gasteiger charge is 2.18. The maximum absolute atomic E-state index is 12.6. The molecule has 2 aromatic rings. The second kappa shape index (κ2) is 9.05. The van der Waals surface area contributed by atoms with Gasteiger partial charge in [0.25, 0.3) is 15.9 Å². The number of anilines is 1. The van der Waals surface area contributed by atoms with Crippen molar-refractivity contribution < 1.29 is 13.2 Å². The van der Waals surface area contributed by atoms with Crippen LogP contribution in [0.25, 0.3) is 0 Å². The van der Waals surface area contributed by atoms with Gasteiger partial charge in [0.2, 0.25) is 0 Å². The molecular formula is C19H23ClN2O3S. The first kappa shape index (κ1) is 20.3. The van der Waals surface area contributed by atoms with Gasteiger partial charge in [0.1, 0.15) is 0 Å². The minimum Gasteiger partial charge on any atom is -0.339 e. The summed E-state index contributed by atoms with van der Waals surface area (Å²) in [5, 5.41) is 0.443. The third-order valence-corrected chi connectivity index (χ3v) is 5.39. The summed E-state index contributed by atoms with van der Waals surface area (Å²) in [6.45, 7) is 5.41. The van der Waals surface area contributed by atoms with E-state index in [1.54, 1.807) is 35.2 Å². The molecule has 0 saturated heterocycles. The smallest absolute Gasteiger partial charge is 0.261 e. The molecule has 1 amide bonds. The van der Waals surface area contributed by atoms with Crippen LogP contribution in [0.3, 0.4) is 0 Å². The molecule has 5 nitrogen and oxygen atoms in total. The molecule has 1 N–H and O–H groups in total. The van der Waals surface area contributed by atoms with E-state index in [1.165, 1.54) is 18.2 Å². The van der Waals surface area contributed by atoms with E-state index >= 15 is 0 Å². The van der Waals surface area contributed by atoms with Crippen molar-refractivity contribution >= 4 is 33.2 Å². The average Bonchev–Trinajstić information content (AvgIpc) is 2.61. The van der Waals surface area contributed by atoms with Gasteiger partial charge in [-0.3, -0.25) is 9.52 Å². The Labute approximate surface area is 160 Å². The van der Waals surface area contributed by atoms with Gasteiger partial charge in [-0.1, -0.05) is 31.5 Å². The number of hydrogen-bond donors (Lipinski definition) is 1. The van der Waals surface area contributed by atoms with Crippen LogP contribution in [0.4, 0.5) is 5.69 Å². The molecule has 0 fully saturated rings. The molecule has 7 heteroatoms. The molecule has 0 unspecified atom stereocenters. The number of carbonyl (C=O) groups excluding carboxylic acids is 1.